The first-order chi connectivity index (χ1) is 10.6. The number of likely N-dealkylation sites (tertiary alicyclic amines) is 1. The smallest absolute Gasteiger partial charge is 0.238 e. The van der Waals surface area contributed by atoms with E-state index in [2.05, 4.69) is 10.2 Å². The molecule has 1 aromatic rings. The highest BCUT2D eigenvalue weighted by Crippen LogP contribution is 2.35. The Bertz CT molecular complexity index is 551. The van der Waals surface area contributed by atoms with Crippen molar-refractivity contribution in [3.05, 3.63) is 29.0 Å². The summed E-state index contributed by atoms with van der Waals surface area (Å²) in [4.78, 5) is 14.3. The summed E-state index contributed by atoms with van der Waals surface area (Å²) in [5.74, 6) is 0.954. The lowest BCUT2D eigenvalue weighted by atomic mass is 9.75. The van der Waals surface area contributed by atoms with Crippen molar-refractivity contribution in [2.75, 3.05) is 25.0 Å². The standard InChI is InChI=1S/C17H22ClFN2O/c18-14-5-6-15(19)16(9-14)20-17(22)11-21-8-7-12-3-1-2-4-13(12)10-21/h5-6,9,12-13H,1-4,7-8,10-11H2,(H,20,22). The molecule has 1 saturated carbocycles. The monoisotopic (exact) mass is 324 g/mol. The molecule has 1 N–H and O–H groups in total. The summed E-state index contributed by atoms with van der Waals surface area (Å²) in [6.07, 6.45) is 6.48. The highest BCUT2D eigenvalue weighted by atomic mass is 35.5. The van der Waals surface area contributed by atoms with Crippen LogP contribution in [0.15, 0.2) is 18.2 Å². The van der Waals surface area contributed by atoms with Crippen molar-refractivity contribution in [2.24, 2.45) is 11.8 Å². The Morgan fingerprint density at radius 1 is 1.27 bits per heavy atom. The summed E-state index contributed by atoms with van der Waals surface area (Å²) < 4.78 is 13.6. The van der Waals surface area contributed by atoms with E-state index in [4.69, 9.17) is 11.6 Å². The molecule has 1 heterocycles. The van der Waals surface area contributed by atoms with Gasteiger partial charge in [-0.05, 0) is 49.4 Å². The maximum Gasteiger partial charge on any atom is 0.238 e. The molecule has 0 bridgehead atoms. The largest absolute Gasteiger partial charge is 0.322 e. The second-order valence-electron chi connectivity index (χ2n) is 6.50. The van der Waals surface area contributed by atoms with Crippen molar-refractivity contribution in [1.82, 2.24) is 4.90 Å². The van der Waals surface area contributed by atoms with Crippen molar-refractivity contribution < 1.29 is 9.18 Å². The van der Waals surface area contributed by atoms with Crippen LogP contribution in [0.4, 0.5) is 10.1 Å². The normalized spacial score (nSPS) is 25.5. The number of halogens is 2. The van der Waals surface area contributed by atoms with E-state index in [-0.39, 0.29) is 11.6 Å². The Labute approximate surface area is 135 Å². The highest BCUT2D eigenvalue weighted by molar-refractivity contribution is 6.30. The molecule has 1 aromatic carbocycles. The summed E-state index contributed by atoms with van der Waals surface area (Å²) in [7, 11) is 0. The minimum atomic E-state index is -0.455. The Hall–Kier alpha value is -1.13. The zero-order valence-corrected chi connectivity index (χ0v) is 13.4. The van der Waals surface area contributed by atoms with Gasteiger partial charge in [-0.15, -0.1) is 0 Å². The van der Waals surface area contributed by atoms with Crippen molar-refractivity contribution >= 4 is 23.2 Å². The molecule has 0 aromatic heterocycles. The van der Waals surface area contributed by atoms with Crippen LogP contribution in [0.25, 0.3) is 0 Å². The second kappa shape index (κ2) is 6.97. The summed E-state index contributed by atoms with van der Waals surface area (Å²) in [5.41, 5.74) is 0.157. The Balaban J connectivity index is 1.54. The molecule has 2 atom stereocenters. The van der Waals surface area contributed by atoms with Gasteiger partial charge in [0.1, 0.15) is 5.82 Å². The Morgan fingerprint density at radius 3 is 2.86 bits per heavy atom. The van der Waals surface area contributed by atoms with Crippen molar-refractivity contribution in [3.8, 4) is 0 Å². The highest BCUT2D eigenvalue weighted by Gasteiger charge is 2.31. The fraction of sp³-hybridized carbons (Fsp3) is 0.588. The molecule has 2 fully saturated rings. The van der Waals surface area contributed by atoms with E-state index in [0.717, 1.165) is 24.9 Å². The number of carbonyl (C=O) groups is 1. The van der Waals surface area contributed by atoms with Gasteiger partial charge in [-0.25, -0.2) is 4.39 Å². The predicted molar refractivity (Wildman–Crippen MR) is 86.5 cm³/mol. The van der Waals surface area contributed by atoms with Crippen molar-refractivity contribution in [1.29, 1.82) is 0 Å². The number of nitrogens with one attached hydrogen (secondary N) is 1. The van der Waals surface area contributed by atoms with Crippen LogP contribution < -0.4 is 5.32 Å². The van der Waals surface area contributed by atoms with Gasteiger partial charge in [0.05, 0.1) is 12.2 Å². The van der Waals surface area contributed by atoms with Gasteiger partial charge in [0.2, 0.25) is 5.91 Å². The van der Waals surface area contributed by atoms with E-state index in [1.54, 1.807) is 0 Å². The van der Waals surface area contributed by atoms with E-state index < -0.39 is 5.82 Å². The zero-order valence-electron chi connectivity index (χ0n) is 12.7. The molecular formula is C17H22ClFN2O. The summed E-state index contributed by atoms with van der Waals surface area (Å²) in [6.45, 7) is 2.29. The van der Waals surface area contributed by atoms with Crippen LogP contribution in [0, 0.1) is 17.7 Å². The van der Waals surface area contributed by atoms with Crippen LogP contribution in [0.5, 0.6) is 0 Å². The quantitative estimate of drug-likeness (QED) is 0.913. The van der Waals surface area contributed by atoms with E-state index in [1.807, 2.05) is 0 Å². The number of benzene rings is 1. The number of hydrogen-bond donors (Lipinski definition) is 1. The maximum absolute atomic E-state index is 13.6. The predicted octanol–water partition coefficient (Wildman–Crippen LogP) is 3.93. The minimum absolute atomic E-state index is 0.157. The van der Waals surface area contributed by atoms with Gasteiger partial charge in [-0.2, -0.15) is 0 Å². The molecule has 120 valence electrons. The lowest BCUT2D eigenvalue weighted by Crippen LogP contribution is -2.44. The SMILES string of the molecule is O=C(CN1CCC2CCCCC2C1)Nc1cc(Cl)ccc1F. The van der Waals surface area contributed by atoms with Crippen molar-refractivity contribution in [3.63, 3.8) is 0 Å². The van der Waals surface area contributed by atoms with Crippen LogP contribution in [-0.4, -0.2) is 30.4 Å². The zero-order chi connectivity index (χ0) is 15.5. The molecule has 0 radical (unpaired) electrons. The van der Waals surface area contributed by atoms with Gasteiger partial charge in [-0.1, -0.05) is 30.9 Å². The first-order valence-electron chi connectivity index (χ1n) is 8.09. The van der Waals surface area contributed by atoms with E-state index in [1.165, 1.54) is 50.3 Å². The van der Waals surface area contributed by atoms with Crippen LogP contribution >= 0.6 is 11.6 Å². The molecular weight excluding hydrogens is 303 g/mol. The number of carbonyl (C=O) groups excluding carboxylic acids is 1. The average molecular weight is 325 g/mol. The first-order valence-corrected chi connectivity index (χ1v) is 8.47. The molecule has 1 aliphatic carbocycles. The lowest BCUT2D eigenvalue weighted by Gasteiger charge is -2.41. The Morgan fingerprint density at radius 2 is 2.05 bits per heavy atom. The summed E-state index contributed by atoms with van der Waals surface area (Å²) >= 11 is 5.84. The molecule has 0 spiro atoms. The molecule has 3 nitrogen and oxygen atoms in total. The number of amides is 1. The molecule has 2 aliphatic rings. The Kier molecular flexibility index (Phi) is 4.99. The average Bonchev–Trinajstić information content (AvgIpc) is 2.51. The summed E-state index contributed by atoms with van der Waals surface area (Å²) in [5, 5.41) is 3.05. The fourth-order valence-corrected chi connectivity index (χ4v) is 3.98. The molecule has 5 heteroatoms. The number of rotatable bonds is 3. The maximum atomic E-state index is 13.6. The molecule has 1 aliphatic heterocycles. The number of nitrogens with zero attached hydrogens (tertiary/aromatic N) is 1. The summed E-state index contributed by atoms with van der Waals surface area (Å²) in [6, 6.07) is 4.19. The third-order valence-corrected chi connectivity index (χ3v) is 5.18. The van der Waals surface area contributed by atoms with Gasteiger partial charge in [0.15, 0.2) is 0 Å². The fourth-order valence-electron chi connectivity index (χ4n) is 3.81. The lowest BCUT2D eigenvalue weighted by molar-refractivity contribution is -0.118. The van der Waals surface area contributed by atoms with Crippen LogP contribution in [0.1, 0.15) is 32.1 Å². The first kappa shape index (κ1) is 15.8. The van der Waals surface area contributed by atoms with Gasteiger partial charge >= 0.3 is 0 Å². The van der Waals surface area contributed by atoms with Crippen LogP contribution in [0.2, 0.25) is 5.02 Å². The third kappa shape index (κ3) is 3.79. The van der Waals surface area contributed by atoms with Crippen LogP contribution in [-0.2, 0) is 4.79 Å². The number of anilines is 1. The molecule has 22 heavy (non-hydrogen) atoms. The van der Waals surface area contributed by atoms with Gasteiger partial charge in [-0.3, -0.25) is 9.69 Å². The van der Waals surface area contributed by atoms with Gasteiger partial charge in [0, 0.05) is 11.6 Å². The van der Waals surface area contributed by atoms with E-state index in [0.29, 0.717) is 11.6 Å². The van der Waals surface area contributed by atoms with Crippen molar-refractivity contribution in [2.45, 2.75) is 32.1 Å². The molecule has 1 saturated heterocycles. The molecule has 2 unspecified atom stereocenters. The van der Waals surface area contributed by atoms with Gasteiger partial charge < -0.3 is 5.32 Å². The molecule has 3 rings (SSSR count). The number of hydrogen-bond acceptors (Lipinski definition) is 2. The van der Waals surface area contributed by atoms with Gasteiger partial charge in [0.25, 0.3) is 0 Å². The number of fused-ring (bicyclic) bond motifs is 1. The van der Waals surface area contributed by atoms with Crippen LogP contribution in [0.3, 0.4) is 0 Å². The second-order valence-corrected chi connectivity index (χ2v) is 6.94. The number of piperidine rings is 1. The minimum Gasteiger partial charge on any atom is -0.322 e. The third-order valence-electron chi connectivity index (χ3n) is 4.95. The molecule has 1 amide bonds. The van der Waals surface area contributed by atoms with E-state index >= 15 is 0 Å². The topological polar surface area (TPSA) is 32.3 Å². The van der Waals surface area contributed by atoms with E-state index in [9.17, 15) is 9.18 Å².